The van der Waals surface area contributed by atoms with E-state index in [4.69, 9.17) is 4.52 Å². The van der Waals surface area contributed by atoms with Crippen molar-refractivity contribution in [1.82, 2.24) is 14.4 Å². The molecule has 9 heteroatoms. The molecule has 8 nitrogen and oxygen atoms in total. The molecule has 1 fully saturated rings. The summed E-state index contributed by atoms with van der Waals surface area (Å²) in [5.74, 6) is 0.767. The van der Waals surface area contributed by atoms with Crippen LogP contribution in [0.5, 0.6) is 0 Å². The summed E-state index contributed by atoms with van der Waals surface area (Å²) in [6, 6.07) is 5.63. The van der Waals surface area contributed by atoms with Gasteiger partial charge in [0.05, 0.1) is 17.5 Å². The molecule has 1 aromatic carbocycles. The number of aromatic nitrogens is 2. The Hall–Kier alpha value is -2.26. The largest absolute Gasteiger partial charge is 0.334 e. The van der Waals surface area contributed by atoms with E-state index in [0.717, 1.165) is 5.56 Å². The Bertz CT molecular complexity index is 960. The van der Waals surface area contributed by atoms with Crippen LogP contribution >= 0.6 is 0 Å². The van der Waals surface area contributed by atoms with Gasteiger partial charge < -0.3 is 9.84 Å². The van der Waals surface area contributed by atoms with Gasteiger partial charge in [-0.2, -0.15) is 4.98 Å². The SMILES string of the molecule is Cc1cccc(-c2nc(C(C)C)no2)c1NC(=O)C1CCN(S(C)(=O)=O)CC1. The fourth-order valence-corrected chi connectivity index (χ4v) is 4.14. The molecule has 0 unspecified atom stereocenters. The Morgan fingerprint density at radius 2 is 1.96 bits per heavy atom. The van der Waals surface area contributed by atoms with Crippen LogP contribution in [0.3, 0.4) is 0 Å². The second-order valence-electron chi connectivity index (χ2n) is 7.54. The number of amides is 1. The van der Waals surface area contributed by atoms with Crippen LogP contribution in [0.25, 0.3) is 11.5 Å². The van der Waals surface area contributed by atoms with Crippen LogP contribution in [-0.4, -0.2) is 48.1 Å². The van der Waals surface area contributed by atoms with E-state index < -0.39 is 10.0 Å². The lowest BCUT2D eigenvalue weighted by Gasteiger charge is -2.29. The summed E-state index contributed by atoms with van der Waals surface area (Å²) in [5, 5.41) is 7.01. The number of aryl methyl sites for hydroxylation is 1. The minimum atomic E-state index is -3.21. The van der Waals surface area contributed by atoms with Gasteiger partial charge in [0.2, 0.25) is 15.9 Å². The lowest BCUT2D eigenvalue weighted by atomic mass is 9.96. The zero-order valence-electron chi connectivity index (χ0n) is 16.6. The Kier molecular flexibility index (Phi) is 5.85. The van der Waals surface area contributed by atoms with Crippen molar-refractivity contribution in [1.29, 1.82) is 0 Å². The zero-order chi connectivity index (χ0) is 20.5. The van der Waals surface area contributed by atoms with Crippen molar-refractivity contribution >= 4 is 21.6 Å². The van der Waals surface area contributed by atoms with Gasteiger partial charge in [-0.15, -0.1) is 0 Å². The summed E-state index contributed by atoms with van der Waals surface area (Å²) in [7, 11) is -3.21. The number of sulfonamides is 1. The number of carbonyl (C=O) groups is 1. The highest BCUT2D eigenvalue weighted by Crippen LogP contribution is 2.31. The summed E-state index contributed by atoms with van der Waals surface area (Å²) < 4.78 is 30.1. The van der Waals surface area contributed by atoms with E-state index in [1.807, 2.05) is 39.0 Å². The first-order chi connectivity index (χ1) is 13.2. The highest BCUT2D eigenvalue weighted by molar-refractivity contribution is 7.88. The molecule has 1 N–H and O–H groups in total. The summed E-state index contributed by atoms with van der Waals surface area (Å²) >= 11 is 0. The number of rotatable bonds is 5. The van der Waals surface area contributed by atoms with Crippen molar-refractivity contribution in [2.24, 2.45) is 5.92 Å². The van der Waals surface area contributed by atoms with Crippen LogP contribution in [0.4, 0.5) is 5.69 Å². The van der Waals surface area contributed by atoms with Crippen molar-refractivity contribution in [3.05, 3.63) is 29.6 Å². The molecule has 2 aromatic rings. The fraction of sp³-hybridized carbons (Fsp3) is 0.526. The molecule has 0 radical (unpaired) electrons. The van der Waals surface area contributed by atoms with E-state index in [2.05, 4.69) is 15.5 Å². The molecular weight excluding hydrogens is 380 g/mol. The highest BCUT2D eigenvalue weighted by atomic mass is 32.2. The standard InChI is InChI=1S/C19H26N4O4S/c1-12(2)17-21-19(27-22-17)15-7-5-6-13(3)16(15)20-18(24)14-8-10-23(11-9-14)28(4,25)26/h5-7,12,14H,8-11H2,1-4H3,(H,20,24). The first-order valence-electron chi connectivity index (χ1n) is 9.36. The van der Waals surface area contributed by atoms with E-state index in [-0.39, 0.29) is 17.7 Å². The number of para-hydroxylation sites is 1. The maximum atomic E-state index is 12.8. The minimum absolute atomic E-state index is 0.118. The summed E-state index contributed by atoms with van der Waals surface area (Å²) in [5.41, 5.74) is 2.22. The number of anilines is 1. The molecule has 28 heavy (non-hydrogen) atoms. The Morgan fingerprint density at radius 1 is 1.29 bits per heavy atom. The van der Waals surface area contributed by atoms with E-state index in [9.17, 15) is 13.2 Å². The molecule has 0 aliphatic carbocycles. The molecule has 2 heterocycles. The van der Waals surface area contributed by atoms with E-state index >= 15 is 0 Å². The molecule has 0 bridgehead atoms. The van der Waals surface area contributed by atoms with Gasteiger partial charge >= 0.3 is 0 Å². The van der Waals surface area contributed by atoms with Crippen LogP contribution in [-0.2, 0) is 14.8 Å². The van der Waals surface area contributed by atoms with Crippen LogP contribution in [0.2, 0.25) is 0 Å². The van der Waals surface area contributed by atoms with Gasteiger partial charge in [0.15, 0.2) is 5.82 Å². The normalized spacial score (nSPS) is 16.5. The molecular formula is C19H26N4O4S. The zero-order valence-corrected chi connectivity index (χ0v) is 17.4. The predicted molar refractivity (Wildman–Crippen MR) is 106 cm³/mol. The molecule has 1 saturated heterocycles. The lowest BCUT2D eigenvalue weighted by molar-refractivity contribution is -0.120. The molecule has 1 aliphatic heterocycles. The molecule has 1 aromatic heterocycles. The molecule has 3 rings (SSSR count). The van der Waals surface area contributed by atoms with Crippen molar-refractivity contribution < 1.29 is 17.7 Å². The Balaban J connectivity index is 1.78. The van der Waals surface area contributed by atoms with Gasteiger partial charge in [-0.3, -0.25) is 4.79 Å². The first kappa shape index (κ1) is 20.5. The number of hydrogen-bond acceptors (Lipinski definition) is 6. The Labute approximate surface area is 165 Å². The topological polar surface area (TPSA) is 105 Å². The van der Waals surface area contributed by atoms with Crippen molar-refractivity contribution in [2.75, 3.05) is 24.7 Å². The third-order valence-corrected chi connectivity index (χ3v) is 6.31. The van der Waals surface area contributed by atoms with Crippen LogP contribution in [0.15, 0.2) is 22.7 Å². The highest BCUT2D eigenvalue weighted by Gasteiger charge is 2.29. The van der Waals surface area contributed by atoms with E-state index in [0.29, 0.717) is 48.9 Å². The maximum absolute atomic E-state index is 12.8. The minimum Gasteiger partial charge on any atom is -0.334 e. The molecule has 0 saturated carbocycles. The maximum Gasteiger partial charge on any atom is 0.260 e. The second-order valence-corrected chi connectivity index (χ2v) is 9.52. The summed E-state index contributed by atoms with van der Waals surface area (Å²) in [4.78, 5) is 17.3. The van der Waals surface area contributed by atoms with E-state index in [1.165, 1.54) is 10.6 Å². The van der Waals surface area contributed by atoms with Gasteiger partial charge in [0, 0.05) is 24.9 Å². The smallest absolute Gasteiger partial charge is 0.260 e. The predicted octanol–water partition coefficient (Wildman–Crippen LogP) is 2.78. The van der Waals surface area contributed by atoms with Gasteiger partial charge in [-0.05, 0) is 31.4 Å². The summed E-state index contributed by atoms with van der Waals surface area (Å²) in [6.45, 7) is 6.59. The number of nitrogens with zero attached hydrogens (tertiary/aromatic N) is 3. The van der Waals surface area contributed by atoms with Gasteiger partial charge in [-0.25, -0.2) is 12.7 Å². The number of nitrogens with one attached hydrogen (secondary N) is 1. The average Bonchev–Trinajstić information content (AvgIpc) is 3.13. The number of hydrogen-bond donors (Lipinski definition) is 1. The van der Waals surface area contributed by atoms with E-state index in [1.54, 1.807) is 0 Å². The fourth-order valence-electron chi connectivity index (χ4n) is 3.27. The van der Waals surface area contributed by atoms with Crippen LogP contribution in [0.1, 0.15) is 44.0 Å². The quantitative estimate of drug-likeness (QED) is 0.818. The monoisotopic (exact) mass is 406 g/mol. The summed E-state index contributed by atoms with van der Waals surface area (Å²) in [6.07, 6.45) is 2.19. The van der Waals surface area contributed by atoms with Crippen LogP contribution in [0, 0.1) is 12.8 Å². The van der Waals surface area contributed by atoms with Crippen molar-refractivity contribution in [3.8, 4) is 11.5 Å². The third kappa shape index (κ3) is 4.41. The molecule has 1 aliphatic rings. The van der Waals surface area contributed by atoms with Crippen molar-refractivity contribution in [3.63, 3.8) is 0 Å². The number of piperidine rings is 1. The number of carbonyl (C=O) groups excluding carboxylic acids is 1. The van der Waals surface area contributed by atoms with Crippen molar-refractivity contribution in [2.45, 2.75) is 39.5 Å². The van der Waals surface area contributed by atoms with Crippen LogP contribution < -0.4 is 5.32 Å². The molecule has 1 amide bonds. The molecule has 0 spiro atoms. The third-order valence-electron chi connectivity index (χ3n) is 5.00. The molecule has 0 atom stereocenters. The Morgan fingerprint density at radius 3 is 2.54 bits per heavy atom. The van der Waals surface area contributed by atoms with Gasteiger partial charge in [0.25, 0.3) is 5.89 Å². The second kappa shape index (κ2) is 8.00. The first-order valence-corrected chi connectivity index (χ1v) is 11.2. The van der Waals surface area contributed by atoms with Gasteiger partial charge in [0.1, 0.15) is 0 Å². The number of benzene rings is 1. The van der Waals surface area contributed by atoms with Gasteiger partial charge in [-0.1, -0.05) is 31.1 Å². The lowest BCUT2D eigenvalue weighted by Crippen LogP contribution is -2.41. The molecule has 152 valence electrons. The average molecular weight is 407 g/mol.